The van der Waals surface area contributed by atoms with Crippen LogP contribution in [0.2, 0.25) is 4.34 Å². The Morgan fingerprint density at radius 2 is 1.83 bits per heavy atom. The minimum atomic E-state index is -4.10. The molecule has 216 valence electrons. The molecule has 0 radical (unpaired) electrons. The zero-order valence-corrected chi connectivity index (χ0v) is 24.7. The number of hydrogen-bond donors (Lipinski definition) is 1. The van der Waals surface area contributed by atoms with Gasteiger partial charge in [-0.15, -0.1) is 11.3 Å². The maximum atomic E-state index is 13.5. The molecular formula is C29H30ClN3O6S2. The number of carbonyl (C=O) groups excluding carboxylic acids is 2. The van der Waals surface area contributed by atoms with Gasteiger partial charge in [-0.1, -0.05) is 36.9 Å². The molecule has 1 saturated carbocycles. The van der Waals surface area contributed by atoms with Gasteiger partial charge in [0.2, 0.25) is 5.91 Å². The van der Waals surface area contributed by atoms with E-state index in [4.69, 9.17) is 20.8 Å². The van der Waals surface area contributed by atoms with Gasteiger partial charge in [-0.25, -0.2) is 13.1 Å². The van der Waals surface area contributed by atoms with Gasteiger partial charge in [0.25, 0.3) is 15.9 Å². The highest BCUT2D eigenvalue weighted by molar-refractivity contribution is 7.92. The molecule has 41 heavy (non-hydrogen) atoms. The fourth-order valence-corrected chi connectivity index (χ4v) is 8.37. The van der Waals surface area contributed by atoms with Crippen LogP contribution in [-0.2, 0) is 26.1 Å². The Morgan fingerprint density at radius 1 is 1.05 bits per heavy atom. The Hall–Kier alpha value is -3.12. The van der Waals surface area contributed by atoms with Crippen molar-refractivity contribution in [2.45, 2.75) is 48.8 Å². The molecule has 9 nitrogen and oxygen atoms in total. The summed E-state index contributed by atoms with van der Waals surface area (Å²) in [5, 5.41) is 0.951. The second-order valence-corrected chi connectivity index (χ2v) is 14.0. The van der Waals surface area contributed by atoms with Crippen molar-refractivity contribution in [3.63, 3.8) is 0 Å². The third kappa shape index (κ3) is 5.68. The number of sulfonamides is 1. The van der Waals surface area contributed by atoms with Gasteiger partial charge in [0.15, 0.2) is 0 Å². The third-order valence-corrected chi connectivity index (χ3v) is 10.9. The van der Waals surface area contributed by atoms with E-state index < -0.39 is 15.9 Å². The second kappa shape index (κ2) is 11.6. The molecule has 0 spiro atoms. The van der Waals surface area contributed by atoms with Crippen molar-refractivity contribution in [1.29, 1.82) is 0 Å². The van der Waals surface area contributed by atoms with E-state index in [1.54, 1.807) is 29.6 Å². The van der Waals surface area contributed by atoms with E-state index in [1.165, 1.54) is 18.6 Å². The van der Waals surface area contributed by atoms with Crippen molar-refractivity contribution in [2.75, 3.05) is 26.3 Å². The van der Waals surface area contributed by atoms with E-state index in [-0.39, 0.29) is 22.2 Å². The number of amides is 2. The Balaban J connectivity index is 1.46. The summed E-state index contributed by atoms with van der Waals surface area (Å²) in [5.41, 5.74) is 3.78. The van der Waals surface area contributed by atoms with Crippen molar-refractivity contribution in [2.24, 2.45) is 0 Å². The number of morpholine rings is 1. The average Bonchev–Trinajstić information content (AvgIpc) is 3.73. The lowest BCUT2D eigenvalue weighted by molar-refractivity contribution is -0.135. The topological polar surface area (TPSA) is 111 Å². The molecule has 1 aliphatic carbocycles. The summed E-state index contributed by atoms with van der Waals surface area (Å²) in [7, 11) is -4.10. The van der Waals surface area contributed by atoms with Crippen LogP contribution in [0.4, 0.5) is 0 Å². The average molecular weight is 616 g/mol. The molecule has 12 heteroatoms. The summed E-state index contributed by atoms with van der Waals surface area (Å²) in [6, 6.07) is 9.94. The van der Waals surface area contributed by atoms with Gasteiger partial charge in [0.1, 0.15) is 10.8 Å². The van der Waals surface area contributed by atoms with Gasteiger partial charge < -0.3 is 18.6 Å². The largest absolute Gasteiger partial charge is 0.472 e. The fraction of sp³-hybridized carbons (Fsp3) is 0.379. The summed E-state index contributed by atoms with van der Waals surface area (Å²) in [6.07, 6.45) is 8.81. The lowest BCUT2D eigenvalue weighted by atomic mass is 9.82. The summed E-state index contributed by atoms with van der Waals surface area (Å²) >= 11 is 6.79. The van der Waals surface area contributed by atoms with Gasteiger partial charge in [0.05, 0.1) is 41.3 Å². The summed E-state index contributed by atoms with van der Waals surface area (Å²) in [4.78, 5) is 28.6. The predicted octanol–water partition coefficient (Wildman–Crippen LogP) is 5.64. The second-order valence-electron chi connectivity index (χ2n) is 10.4. The molecule has 2 fully saturated rings. The third-order valence-electron chi connectivity index (χ3n) is 7.87. The summed E-state index contributed by atoms with van der Waals surface area (Å²) < 4.78 is 41.0. The van der Waals surface area contributed by atoms with Gasteiger partial charge in [-0.05, 0) is 54.7 Å². The van der Waals surface area contributed by atoms with E-state index in [1.807, 2.05) is 16.7 Å². The number of carbonyl (C=O) groups is 2. The van der Waals surface area contributed by atoms with Crippen LogP contribution in [0.5, 0.6) is 0 Å². The number of halogens is 1. The Morgan fingerprint density at radius 3 is 2.51 bits per heavy atom. The molecule has 0 unspecified atom stereocenters. The molecule has 1 aliphatic heterocycles. The van der Waals surface area contributed by atoms with Crippen LogP contribution < -0.4 is 4.72 Å². The SMILES string of the molecule is O=C(NS(=O)(=O)c1ccc(Cl)s1)c1ccc2c(C3CCCCC3)c(-c3ccoc3)n(CC(=O)N3CCOCC3)c2c1. The number of rotatable bonds is 7. The van der Waals surface area contributed by atoms with Crippen molar-refractivity contribution in [3.8, 4) is 11.3 Å². The van der Waals surface area contributed by atoms with Crippen LogP contribution in [0, 0.1) is 0 Å². The van der Waals surface area contributed by atoms with Gasteiger partial charge in [0, 0.05) is 29.6 Å². The van der Waals surface area contributed by atoms with Crippen LogP contribution in [0.3, 0.4) is 0 Å². The number of hydrogen-bond acceptors (Lipinski definition) is 7. The minimum absolute atomic E-state index is 0.0433. The normalized spacial score (nSPS) is 16.8. The highest BCUT2D eigenvalue weighted by atomic mass is 35.5. The first-order valence-electron chi connectivity index (χ1n) is 13.7. The number of thiophene rings is 1. The standard InChI is InChI=1S/C29H30ClN3O6S2/c30-24-8-9-26(40-24)41(36,37)31-29(35)20-6-7-22-23(16-20)33(17-25(34)32-11-14-38-15-12-32)28(21-10-13-39-18-21)27(22)19-4-2-1-3-5-19/h6-10,13,16,18-19H,1-5,11-12,14-15,17H2,(H,31,35). The van der Waals surface area contributed by atoms with E-state index in [2.05, 4.69) is 4.72 Å². The van der Waals surface area contributed by atoms with Gasteiger partial charge in [-0.2, -0.15) is 0 Å². The van der Waals surface area contributed by atoms with Gasteiger partial charge >= 0.3 is 0 Å². The molecule has 0 atom stereocenters. The van der Waals surface area contributed by atoms with Crippen molar-refractivity contribution < 1.29 is 27.2 Å². The first-order chi connectivity index (χ1) is 19.8. The molecule has 1 N–H and O–H groups in total. The molecule has 6 rings (SSSR count). The minimum Gasteiger partial charge on any atom is -0.472 e. The maximum Gasteiger partial charge on any atom is 0.273 e. The molecule has 4 aromatic rings. The van der Waals surface area contributed by atoms with Crippen LogP contribution in [0.25, 0.3) is 22.2 Å². The fourth-order valence-electron chi connectivity index (χ4n) is 5.92. The summed E-state index contributed by atoms with van der Waals surface area (Å²) in [6.45, 7) is 2.10. The number of ether oxygens (including phenoxy) is 1. The van der Waals surface area contributed by atoms with E-state index >= 15 is 0 Å². The smallest absolute Gasteiger partial charge is 0.273 e. The Labute approximate surface area is 247 Å². The van der Waals surface area contributed by atoms with Crippen molar-refractivity contribution >= 4 is 55.7 Å². The zero-order chi connectivity index (χ0) is 28.6. The zero-order valence-electron chi connectivity index (χ0n) is 22.3. The predicted molar refractivity (Wildman–Crippen MR) is 157 cm³/mol. The Kier molecular flexibility index (Phi) is 7.95. The molecule has 4 heterocycles. The number of benzene rings is 1. The first-order valence-corrected chi connectivity index (χ1v) is 16.4. The Bertz CT molecular complexity index is 1680. The number of nitrogens with zero attached hydrogens (tertiary/aromatic N) is 2. The van der Waals surface area contributed by atoms with E-state index in [0.717, 1.165) is 59.2 Å². The molecular weight excluding hydrogens is 586 g/mol. The maximum absolute atomic E-state index is 13.5. The van der Waals surface area contributed by atoms with E-state index in [0.29, 0.717) is 42.1 Å². The van der Waals surface area contributed by atoms with Crippen LogP contribution in [0.15, 0.2) is 57.6 Å². The number of furan rings is 1. The van der Waals surface area contributed by atoms with Crippen LogP contribution >= 0.6 is 22.9 Å². The molecule has 0 bridgehead atoms. The molecule has 2 aliphatic rings. The highest BCUT2D eigenvalue weighted by Gasteiger charge is 2.30. The number of nitrogens with one attached hydrogen (secondary N) is 1. The first kappa shape index (κ1) is 28.0. The molecule has 1 saturated heterocycles. The molecule has 3 aromatic heterocycles. The number of fused-ring (bicyclic) bond motifs is 1. The van der Waals surface area contributed by atoms with Crippen LogP contribution in [0.1, 0.15) is 53.9 Å². The quantitative estimate of drug-likeness (QED) is 0.288. The van der Waals surface area contributed by atoms with Crippen molar-refractivity contribution in [3.05, 3.63) is 64.4 Å². The molecule has 2 amide bonds. The number of aromatic nitrogens is 1. The lowest BCUT2D eigenvalue weighted by Crippen LogP contribution is -2.42. The van der Waals surface area contributed by atoms with E-state index in [9.17, 15) is 18.0 Å². The monoisotopic (exact) mass is 615 g/mol. The summed E-state index contributed by atoms with van der Waals surface area (Å²) in [5.74, 6) is -0.510. The lowest BCUT2D eigenvalue weighted by Gasteiger charge is -2.27. The van der Waals surface area contributed by atoms with Gasteiger partial charge in [-0.3, -0.25) is 9.59 Å². The van der Waals surface area contributed by atoms with Crippen LogP contribution in [-0.4, -0.2) is 56.0 Å². The highest BCUT2D eigenvalue weighted by Crippen LogP contribution is 2.44. The van der Waals surface area contributed by atoms with Crippen molar-refractivity contribution in [1.82, 2.24) is 14.2 Å². The molecule has 1 aromatic carbocycles.